The molecule has 106 valence electrons. The average molecular weight is 276 g/mol. The van der Waals surface area contributed by atoms with E-state index in [-0.39, 0.29) is 24.5 Å². The van der Waals surface area contributed by atoms with Crippen molar-refractivity contribution in [2.45, 2.75) is 12.1 Å². The Morgan fingerprint density at radius 3 is 2.20 bits per heavy atom. The van der Waals surface area contributed by atoms with Gasteiger partial charge in [0.2, 0.25) is 17.8 Å². The lowest BCUT2D eigenvalue weighted by Gasteiger charge is -2.22. The molecule has 0 saturated heterocycles. The summed E-state index contributed by atoms with van der Waals surface area (Å²) in [7, 11) is 0. The van der Waals surface area contributed by atoms with Crippen molar-refractivity contribution in [3.05, 3.63) is 35.9 Å². The van der Waals surface area contributed by atoms with Crippen LogP contribution in [0.15, 0.2) is 30.3 Å². The molecule has 0 amide bonds. The van der Waals surface area contributed by atoms with E-state index in [2.05, 4.69) is 20.3 Å². The van der Waals surface area contributed by atoms with Crippen molar-refractivity contribution in [3.8, 4) is 0 Å². The lowest BCUT2D eigenvalue weighted by atomic mass is 10.0. The molecule has 0 fully saturated rings. The molecule has 2 atom stereocenters. The van der Waals surface area contributed by atoms with Crippen molar-refractivity contribution in [1.29, 1.82) is 0 Å². The average Bonchev–Trinajstić information content (AvgIpc) is 2.44. The molecular weight excluding hydrogens is 260 g/mol. The summed E-state index contributed by atoms with van der Waals surface area (Å²) in [5, 5.41) is 22.4. The number of hydrogen-bond acceptors (Lipinski definition) is 8. The minimum absolute atomic E-state index is 0.0362. The van der Waals surface area contributed by atoms with E-state index in [1.54, 1.807) is 24.3 Å². The maximum Gasteiger partial charge on any atom is 0.229 e. The number of nitrogen functional groups attached to an aromatic ring is 2. The van der Waals surface area contributed by atoms with Gasteiger partial charge in [-0.2, -0.15) is 15.0 Å². The van der Waals surface area contributed by atoms with Gasteiger partial charge >= 0.3 is 0 Å². The molecule has 1 aromatic carbocycles. The Balaban J connectivity index is 2.16. The predicted octanol–water partition coefficient (Wildman–Crippen LogP) is -0.458. The van der Waals surface area contributed by atoms with Gasteiger partial charge in [0, 0.05) is 0 Å². The summed E-state index contributed by atoms with van der Waals surface area (Å²) in [5.41, 5.74) is 11.6. The first kappa shape index (κ1) is 14.0. The van der Waals surface area contributed by atoms with E-state index < -0.39 is 12.1 Å². The van der Waals surface area contributed by atoms with Crippen molar-refractivity contribution in [1.82, 2.24) is 15.0 Å². The molecule has 0 aliphatic heterocycles. The second kappa shape index (κ2) is 6.13. The van der Waals surface area contributed by atoms with E-state index in [0.29, 0.717) is 5.56 Å². The van der Waals surface area contributed by atoms with Crippen LogP contribution < -0.4 is 16.8 Å². The maximum absolute atomic E-state index is 10.2. The number of rotatable bonds is 5. The second-order valence-electron chi connectivity index (χ2n) is 4.16. The molecule has 0 bridgehead atoms. The first-order chi connectivity index (χ1) is 9.60. The van der Waals surface area contributed by atoms with E-state index in [4.69, 9.17) is 11.5 Å². The van der Waals surface area contributed by atoms with Gasteiger partial charge in [-0.1, -0.05) is 30.3 Å². The molecule has 20 heavy (non-hydrogen) atoms. The summed E-state index contributed by atoms with van der Waals surface area (Å²) in [5.74, 6) is 0.0285. The van der Waals surface area contributed by atoms with Gasteiger partial charge in [-0.05, 0) is 5.56 Å². The summed E-state index contributed by atoms with van der Waals surface area (Å²) in [6.45, 7) is -0.318. The van der Waals surface area contributed by atoms with Gasteiger partial charge in [-0.3, -0.25) is 0 Å². The molecule has 2 rings (SSSR count). The Hall–Kier alpha value is -2.45. The van der Waals surface area contributed by atoms with Crippen LogP contribution in [-0.2, 0) is 0 Å². The summed E-state index contributed by atoms with van der Waals surface area (Å²) in [6, 6.07) is 8.25. The smallest absolute Gasteiger partial charge is 0.229 e. The van der Waals surface area contributed by atoms with E-state index in [0.717, 1.165) is 0 Å². The summed E-state index contributed by atoms with van der Waals surface area (Å²) in [4.78, 5) is 11.3. The fourth-order valence-electron chi connectivity index (χ4n) is 1.75. The van der Waals surface area contributed by atoms with Crippen LogP contribution in [0.1, 0.15) is 11.7 Å². The highest BCUT2D eigenvalue weighted by Crippen LogP contribution is 2.19. The molecular formula is C12H16N6O2. The van der Waals surface area contributed by atoms with Gasteiger partial charge < -0.3 is 27.0 Å². The Bertz CT molecular complexity index is 545. The van der Waals surface area contributed by atoms with E-state index in [9.17, 15) is 10.2 Å². The monoisotopic (exact) mass is 276 g/mol. The SMILES string of the molecule is Nc1nc(N)nc(NC(CO)C(O)c2ccccc2)n1. The first-order valence-electron chi connectivity index (χ1n) is 5.97. The molecule has 2 unspecified atom stereocenters. The molecule has 0 saturated carbocycles. The van der Waals surface area contributed by atoms with Crippen molar-refractivity contribution in [2.24, 2.45) is 0 Å². The zero-order valence-corrected chi connectivity index (χ0v) is 10.6. The van der Waals surface area contributed by atoms with Crippen LogP contribution in [0.2, 0.25) is 0 Å². The highest BCUT2D eigenvalue weighted by atomic mass is 16.3. The maximum atomic E-state index is 10.2. The third kappa shape index (κ3) is 3.31. The number of nitrogens with one attached hydrogen (secondary N) is 1. The Labute approximate surface area is 115 Å². The van der Waals surface area contributed by atoms with Gasteiger partial charge in [0.15, 0.2) is 0 Å². The fraction of sp³-hybridized carbons (Fsp3) is 0.250. The van der Waals surface area contributed by atoms with Crippen LogP contribution in [0.4, 0.5) is 17.8 Å². The normalized spacial score (nSPS) is 13.7. The number of benzene rings is 1. The van der Waals surface area contributed by atoms with Crippen LogP contribution in [0.5, 0.6) is 0 Å². The highest BCUT2D eigenvalue weighted by Gasteiger charge is 2.21. The molecule has 0 aliphatic carbocycles. The standard InChI is InChI=1S/C12H16N6O2/c13-10-16-11(14)18-12(17-10)15-8(6-19)9(20)7-4-2-1-3-5-7/h1-5,8-9,19-20H,6H2,(H5,13,14,15,16,17,18). The number of aliphatic hydroxyl groups excluding tert-OH is 2. The van der Waals surface area contributed by atoms with Crippen molar-refractivity contribution < 1.29 is 10.2 Å². The molecule has 8 heteroatoms. The highest BCUT2D eigenvalue weighted by molar-refractivity contribution is 5.38. The quantitative estimate of drug-likeness (QED) is 0.493. The Morgan fingerprint density at radius 2 is 1.65 bits per heavy atom. The van der Waals surface area contributed by atoms with Crippen molar-refractivity contribution in [2.75, 3.05) is 23.4 Å². The van der Waals surface area contributed by atoms with Gasteiger partial charge in [0.1, 0.15) is 6.10 Å². The first-order valence-corrected chi connectivity index (χ1v) is 5.97. The molecule has 1 heterocycles. The number of nitrogens with zero attached hydrogens (tertiary/aromatic N) is 3. The van der Waals surface area contributed by atoms with Gasteiger partial charge in [0.25, 0.3) is 0 Å². The number of aliphatic hydroxyl groups is 2. The molecule has 1 aromatic heterocycles. The molecule has 8 nitrogen and oxygen atoms in total. The van der Waals surface area contributed by atoms with Gasteiger partial charge in [-0.15, -0.1) is 0 Å². The van der Waals surface area contributed by atoms with Gasteiger partial charge in [-0.25, -0.2) is 0 Å². The Kier molecular flexibility index (Phi) is 4.28. The number of aromatic nitrogens is 3. The summed E-state index contributed by atoms with van der Waals surface area (Å²) in [6.07, 6.45) is -0.930. The van der Waals surface area contributed by atoms with Crippen LogP contribution in [0.3, 0.4) is 0 Å². The number of nitrogens with two attached hydrogens (primary N) is 2. The second-order valence-corrected chi connectivity index (χ2v) is 4.16. The third-order valence-electron chi connectivity index (χ3n) is 2.70. The molecule has 7 N–H and O–H groups in total. The van der Waals surface area contributed by atoms with E-state index >= 15 is 0 Å². The lowest BCUT2D eigenvalue weighted by Crippen LogP contribution is -2.32. The summed E-state index contributed by atoms with van der Waals surface area (Å²) < 4.78 is 0. The fourth-order valence-corrected chi connectivity index (χ4v) is 1.75. The zero-order chi connectivity index (χ0) is 14.5. The Morgan fingerprint density at radius 1 is 1.05 bits per heavy atom. The number of anilines is 3. The van der Waals surface area contributed by atoms with E-state index in [1.807, 2.05) is 6.07 Å². The van der Waals surface area contributed by atoms with Crippen molar-refractivity contribution in [3.63, 3.8) is 0 Å². The van der Waals surface area contributed by atoms with Crippen LogP contribution in [0, 0.1) is 0 Å². The molecule has 0 aliphatic rings. The van der Waals surface area contributed by atoms with Crippen LogP contribution >= 0.6 is 0 Å². The third-order valence-corrected chi connectivity index (χ3v) is 2.70. The molecule has 0 spiro atoms. The topological polar surface area (TPSA) is 143 Å². The molecule has 0 radical (unpaired) electrons. The van der Waals surface area contributed by atoms with Gasteiger partial charge in [0.05, 0.1) is 12.6 Å². The minimum Gasteiger partial charge on any atom is -0.394 e. The molecule has 2 aromatic rings. The van der Waals surface area contributed by atoms with E-state index in [1.165, 1.54) is 0 Å². The largest absolute Gasteiger partial charge is 0.394 e. The zero-order valence-electron chi connectivity index (χ0n) is 10.6. The van der Waals surface area contributed by atoms with Crippen molar-refractivity contribution >= 4 is 17.8 Å². The van der Waals surface area contributed by atoms with Crippen LogP contribution in [0.25, 0.3) is 0 Å². The number of hydrogen-bond donors (Lipinski definition) is 5. The van der Waals surface area contributed by atoms with Crippen LogP contribution in [-0.4, -0.2) is 37.8 Å². The lowest BCUT2D eigenvalue weighted by molar-refractivity contribution is 0.118. The minimum atomic E-state index is -0.930. The predicted molar refractivity (Wildman–Crippen MR) is 74.6 cm³/mol. The summed E-state index contributed by atoms with van der Waals surface area (Å²) >= 11 is 0.